The van der Waals surface area contributed by atoms with E-state index in [-0.39, 0.29) is 6.61 Å². The van der Waals surface area contributed by atoms with Crippen LogP contribution in [0.15, 0.2) is 16.6 Å². The minimum atomic E-state index is 0.0847. The fraction of sp³-hybridized carbons (Fsp3) is 0.273. The molecule has 2 rings (SSSR count). The van der Waals surface area contributed by atoms with Gasteiger partial charge in [0.2, 0.25) is 0 Å². The van der Waals surface area contributed by atoms with E-state index < -0.39 is 0 Å². The maximum Gasteiger partial charge on any atom is 0.0705 e. The summed E-state index contributed by atoms with van der Waals surface area (Å²) in [6, 6.07) is 4.10. The van der Waals surface area contributed by atoms with Crippen molar-refractivity contribution in [2.75, 3.05) is 0 Å². The number of aryl methyl sites for hydroxylation is 2. The molecule has 2 nitrogen and oxygen atoms in total. The minimum absolute atomic E-state index is 0.0847. The molecule has 0 spiro atoms. The van der Waals surface area contributed by atoms with E-state index in [2.05, 4.69) is 33.9 Å². The van der Waals surface area contributed by atoms with Crippen LogP contribution in [0, 0.1) is 13.8 Å². The van der Waals surface area contributed by atoms with Gasteiger partial charge >= 0.3 is 0 Å². The Labute approximate surface area is 91.1 Å². The lowest BCUT2D eigenvalue weighted by Gasteiger charge is -1.99. The molecule has 0 radical (unpaired) electrons. The van der Waals surface area contributed by atoms with Gasteiger partial charge in [0.15, 0.2) is 0 Å². The third-order valence-electron chi connectivity index (χ3n) is 2.58. The predicted molar refractivity (Wildman–Crippen MR) is 61.4 cm³/mol. The molecule has 0 atom stereocenters. The first-order valence-electron chi connectivity index (χ1n) is 4.52. The van der Waals surface area contributed by atoms with Crippen LogP contribution in [-0.4, -0.2) is 10.1 Å². The monoisotopic (exact) mass is 253 g/mol. The molecule has 0 saturated carbocycles. The summed E-state index contributed by atoms with van der Waals surface area (Å²) in [5, 5.41) is 10.3. The first-order chi connectivity index (χ1) is 6.65. The van der Waals surface area contributed by atoms with Gasteiger partial charge in [-0.15, -0.1) is 0 Å². The summed E-state index contributed by atoms with van der Waals surface area (Å²) in [5.41, 5.74) is 4.30. The van der Waals surface area contributed by atoms with E-state index in [1.165, 1.54) is 5.56 Å². The zero-order valence-electron chi connectivity index (χ0n) is 8.19. The molecule has 0 aliphatic carbocycles. The fourth-order valence-corrected chi connectivity index (χ4v) is 2.17. The van der Waals surface area contributed by atoms with Gasteiger partial charge < -0.3 is 10.1 Å². The molecule has 0 bridgehead atoms. The quantitative estimate of drug-likeness (QED) is 0.806. The summed E-state index contributed by atoms with van der Waals surface area (Å²) < 4.78 is 1.08. The number of fused-ring (bicyclic) bond motifs is 1. The van der Waals surface area contributed by atoms with Gasteiger partial charge in [-0.05, 0) is 35.3 Å². The third-order valence-corrected chi connectivity index (χ3v) is 3.61. The summed E-state index contributed by atoms with van der Waals surface area (Å²) >= 11 is 3.54. The number of aliphatic hydroxyl groups excluding tert-OH is 1. The summed E-state index contributed by atoms with van der Waals surface area (Å²) in [6.45, 7) is 4.12. The largest absolute Gasteiger partial charge is 0.392 e. The van der Waals surface area contributed by atoms with Crippen LogP contribution in [0.2, 0.25) is 0 Å². The van der Waals surface area contributed by atoms with Crippen molar-refractivity contribution >= 4 is 26.8 Å². The van der Waals surface area contributed by atoms with E-state index in [1.807, 2.05) is 13.0 Å². The van der Waals surface area contributed by atoms with Crippen LogP contribution in [0.1, 0.15) is 16.8 Å². The van der Waals surface area contributed by atoms with Crippen LogP contribution in [0.5, 0.6) is 0 Å². The SMILES string of the molecule is Cc1ccc2c(CO)c(C)[nH]c2c1Br. The van der Waals surface area contributed by atoms with Crippen LogP contribution in [0.25, 0.3) is 10.9 Å². The number of H-pyrrole nitrogens is 1. The molecule has 1 heterocycles. The first kappa shape index (κ1) is 9.74. The lowest BCUT2D eigenvalue weighted by Crippen LogP contribution is -1.83. The highest BCUT2D eigenvalue weighted by atomic mass is 79.9. The Hall–Kier alpha value is -0.800. The van der Waals surface area contributed by atoms with Gasteiger partial charge in [0.1, 0.15) is 0 Å². The van der Waals surface area contributed by atoms with Crippen molar-refractivity contribution in [3.05, 3.63) is 33.4 Å². The summed E-state index contributed by atoms with van der Waals surface area (Å²) in [7, 11) is 0. The molecule has 2 N–H and O–H groups in total. The van der Waals surface area contributed by atoms with E-state index in [1.54, 1.807) is 0 Å². The fourth-order valence-electron chi connectivity index (χ4n) is 1.72. The number of rotatable bonds is 1. The number of aromatic nitrogens is 1. The highest BCUT2D eigenvalue weighted by Crippen LogP contribution is 2.30. The van der Waals surface area contributed by atoms with Crippen molar-refractivity contribution in [2.24, 2.45) is 0 Å². The number of aliphatic hydroxyl groups is 1. The highest BCUT2D eigenvalue weighted by molar-refractivity contribution is 9.10. The molecule has 0 amide bonds. The van der Waals surface area contributed by atoms with E-state index in [4.69, 9.17) is 0 Å². The second-order valence-electron chi connectivity index (χ2n) is 3.51. The zero-order valence-corrected chi connectivity index (χ0v) is 9.77. The second-order valence-corrected chi connectivity index (χ2v) is 4.30. The Balaban J connectivity index is 2.87. The normalized spacial score (nSPS) is 11.1. The van der Waals surface area contributed by atoms with E-state index in [9.17, 15) is 5.11 Å². The van der Waals surface area contributed by atoms with Crippen LogP contribution in [0.4, 0.5) is 0 Å². The van der Waals surface area contributed by atoms with Crippen molar-refractivity contribution in [3.8, 4) is 0 Å². The van der Waals surface area contributed by atoms with Crippen LogP contribution in [-0.2, 0) is 6.61 Å². The molecule has 0 aliphatic heterocycles. The number of nitrogens with one attached hydrogen (secondary N) is 1. The summed E-state index contributed by atoms with van der Waals surface area (Å²) in [5.74, 6) is 0. The van der Waals surface area contributed by atoms with Gasteiger partial charge in [-0.25, -0.2) is 0 Å². The molecule has 1 aromatic heterocycles. The van der Waals surface area contributed by atoms with Gasteiger partial charge in [0.05, 0.1) is 12.1 Å². The predicted octanol–water partition coefficient (Wildman–Crippen LogP) is 3.04. The topological polar surface area (TPSA) is 36.0 Å². The maximum atomic E-state index is 9.23. The average molecular weight is 254 g/mol. The number of hydrogen-bond donors (Lipinski definition) is 2. The Kier molecular flexibility index (Phi) is 2.37. The van der Waals surface area contributed by atoms with Crippen LogP contribution in [0.3, 0.4) is 0 Å². The van der Waals surface area contributed by atoms with Crippen molar-refractivity contribution in [3.63, 3.8) is 0 Å². The molecule has 0 aliphatic rings. The molecule has 1 aromatic carbocycles. The van der Waals surface area contributed by atoms with Gasteiger partial charge in [0, 0.05) is 21.1 Å². The average Bonchev–Trinajstić information content (AvgIpc) is 2.49. The molecular weight excluding hydrogens is 242 g/mol. The Morgan fingerprint density at radius 1 is 1.36 bits per heavy atom. The van der Waals surface area contributed by atoms with Crippen LogP contribution < -0.4 is 0 Å². The second kappa shape index (κ2) is 3.41. The lowest BCUT2D eigenvalue weighted by molar-refractivity contribution is 0.282. The zero-order chi connectivity index (χ0) is 10.3. The van der Waals surface area contributed by atoms with Crippen molar-refractivity contribution in [1.29, 1.82) is 0 Å². The number of benzene rings is 1. The number of aromatic amines is 1. The van der Waals surface area contributed by atoms with Gasteiger partial charge in [-0.3, -0.25) is 0 Å². The molecule has 3 heteroatoms. The van der Waals surface area contributed by atoms with Gasteiger partial charge in [-0.2, -0.15) is 0 Å². The van der Waals surface area contributed by atoms with Crippen molar-refractivity contribution < 1.29 is 5.11 Å². The Bertz CT molecular complexity index is 487. The molecule has 14 heavy (non-hydrogen) atoms. The van der Waals surface area contributed by atoms with Gasteiger partial charge in [0.25, 0.3) is 0 Å². The maximum absolute atomic E-state index is 9.23. The molecule has 0 fully saturated rings. The molecule has 2 aromatic rings. The first-order valence-corrected chi connectivity index (χ1v) is 5.31. The van der Waals surface area contributed by atoms with E-state index in [0.717, 1.165) is 26.6 Å². The summed E-state index contributed by atoms with van der Waals surface area (Å²) in [4.78, 5) is 3.28. The standard InChI is InChI=1S/C11H12BrNO/c1-6-3-4-8-9(5-14)7(2)13-11(8)10(6)12/h3-4,13-14H,5H2,1-2H3. The minimum Gasteiger partial charge on any atom is -0.392 e. The third kappa shape index (κ3) is 1.28. The lowest BCUT2D eigenvalue weighted by atomic mass is 10.1. The molecule has 0 unspecified atom stereocenters. The smallest absolute Gasteiger partial charge is 0.0705 e. The van der Waals surface area contributed by atoms with Gasteiger partial charge in [-0.1, -0.05) is 12.1 Å². The van der Waals surface area contributed by atoms with Crippen molar-refractivity contribution in [2.45, 2.75) is 20.5 Å². The van der Waals surface area contributed by atoms with Crippen LogP contribution >= 0.6 is 15.9 Å². The number of hydrogen-bond acceptors (Lipinski definition) is 1. The molecular formula is C11H12BrNO. The Morgan fingerprint density at radius 2 is 2.07 bits per heavy atom. The molecule has 0 saturated heterocycles. The number of halogens is 1. The summed E-state index contributed by atoms with van der Waals surface area (Å²) in [6.07, 6.45) is 0. The Morgan fingerprint density at radius 3 is 2.71 bits per heavy atom. The van der Waals surface area contributed by atoms with Crippen molar-refractivity contribution in [1.82, 2.24) is 4.98 Å². The molecule has 74 valence electrons. The van der Waals surface area contributed by atoms with E-state index in [0.29, 0.717) is 0 Å². The highest BCUT2D eigenvalue weighted by Gasteiger charge is 2.10. The van der Waals surface area contributed by atoms with E-state index >= 15 is 0 Å².